The van der Waals surface area contributed by atoms with E-state index in [1.165, 1.54) is 4.90 Å². The fourth-order valence-electron chi connectivity index (χ4n) is 2.02. The van der Waals surface area contributed by atoms with Gasteiger partial charge in [-0.25, -0.2) is 9.59 Å². The number of carbonyl (C=O) groups is 2. The topological polar surface area (TPSA) is 65.1 Å². The fourth-order valence-corrected chi connectivity index (χ4v) is 2.02. The van der Waals surface area contributed by atoms with Crippen LogP contribution in [0.25, 0.3) is 0 Å². The van der Waals surface area contributed by atoms with Gasteiger partial charge in [0.05, 0.1) is 13.1 Å². The molecule has 0 saturated carbocycles. The van der Waals surface area contributed by atoms with E-state index in [2.05, 4.69) is 18.4 Å². The Labute approximate surface area is 150 Å². The van der Waals surface area contributed by atoms with Crippen LogP contribution in [0.15, 0.2) is 12.2 Å². The van der Waals surface area contributed by atoms with E-state index in [1.807, 2.05) is 0 Å². The van der Waals surface area contributed by atoms with E-state index in [0.717, 1.165) is 0 Å². The summed E-state index contributed by atoms with van der Waals surface area (Å²) in [7, 11) is 0. The number of allylic oxidation sites excluding steroid dienone is 1. The third-order valence-electron chi connectivity index (χ3n) is 2.93. The Hall–Kier alpha value is -2.00. The summed E-state index contributed by atoms with van der Waals surface area (Å²) in [5, 5.41) is 0. The van der Waals surface area contributed by atoms with E-state index in [9.17, 15) is 9.59 Å². The van der Waals surface area contributed by atoms with Crippen LogP contribution in [0.5, 0.6) is 0 Å². The largest absolute Gasteiger partial charge is 0.458 e. The monoisotopic (exact) mass is 351 g/mol. The second-order valence-electron chi connectivity index (χ2n) is 8.24. The Morgan fingerprint density at radius 3 is 2.04 bits per heavy atom. The minimum Gasteiger partial charge on any atom is -0.458 e. The lowest BCUT2D eigenvalue weighted by atomic mass is 9.94. The zero-order valence-corrected chi connectivity index (χ0v) is 16.3. The molecule has 1 heterocycles. The molecule has 1 aliphatic rings. The number of esters is 1. The fraction of sp³-hybridized carbons (Fsp3) is 0.684. The maximum atomic E-state index is 12.1. The number of likely N-dealkylation sites (tertiary alicyclic amines) is 1. The molecule has 140 valence electrons. The average Bonchev–Trinajstić information content (AvgIpc) is 2.32. The lowest BCUT2D eigenvalue weighted by molar-refractivity contribution is -0.171. The van der Waals surface area contributed by atoms with E-state index in [4.69, 9.17) is 14.2 Å². The predicted octanol–water partition coefficient (Wildman–Crippen LogP) is 2.91. The van der Waals surface area contributed by atoms with Crippen molar-refractivity contribution in [3.8, 4) is 11.8 Å². The van der Waals surface area contributed by atoms with Crippen LogP contribution in [0, 0.1) is 11.8 Å². The molecule has 0 N–H and O–H groups in total. The van der Waals surface area contributed by atoms with E-state index < -0.39 is 28.9 Å². The van der Waals surface area contributed by atoms with Crippen LogP contribution in [0.2, 0.25) is 0 Å². The molecule has 6 nitrogen and oxygen atoms in total. The molecule has 0 aromatic rings. The first-order valence-corrected chi connectivity index (χ1v) is 8.24. The van der Waals surface area contributed by atoms with Gasteiger partial charge in [0, 0.05) is 0 Å². The molecule has 1 rings (SSSR count). The summed E-state index contributed by atoms with van der Waals surface area (Å²) in [5.74, 6) is 5.36. The summed E-state index contributed by atoms with van der Waals surface area (Å²) in [6.07, 6.45) is -0.430. The van der Waals surface area contributed by atoms with Crippen LogP contribution >= 0.6 is 0 Å². The Morgan fingerprint density at radius 1 is 1.08 bits per heavy atom. The third-order valence-corrected chi connectivity index (χ3v) is 2.93. The van der Waals surface area contributed by atoms with Gasteiger partial charge in [0.15, 0.2) is 5.60 Å². The number of ether oxygens (including phenoxy) is 3. The zero-order chi connectivity index (χ0) is 19.5. The van der Waals surface area contributed by atoms with Crippen LogP contribution in [-0.2, 0) is 19.0 Å². The van der Waals surface area contributed by atoms with Crippen molar-refractivity contribution in [1.29, 1.82) is 0 Å². The summed E-state index contributed by atoms with van der Waals surface area (Å²) in [6.45, 7) is 16.5. The molecule has 0 aromatic heterocycles. The molecule has 0 aromatic carbocycles. The third kappa shape index (κ3) is 7.61. The van der Waals surface area contributed by atoms with Gasteiger partial charge in [0.25, 0.3) is 0 Å². The maximum absolute atomic E-state index is 12.1. The Balaban J connectivity index is 2.71. The smallest absolute Gasteiger partial charge is 0.410 e. The highest BCUT2D eigenvalue weighted by molar-refractivity contribution is 5.72. The molecular weight excluding hydrogens is 322 g/mol. The van der Waals surface area contributed by atoms with Crippen molar-refractivity contribution in [3.05, 3.63) is 12.2 Å². The van der Waals surface area contributed by atoms with E-state index in [1.54, 1.807) is 48.5 Å². The van der Waals surface area contributed by atoms with Gasteiger partial charge in [-0.2, -0.15) is 0 Å². The van der Waals surface area contributed by atoms with Gasteiger partial charge in [-0.1, -0.05) is 18.4 Å². The quantitative estimate of drug-likeness (QED) is 0.578. The van der Waals surface area contributed by atoms with Crippen molar-refractivity contribution < 1.29 is 23.8 Å². The summed E-state index contributed by atoms with van der Waals surface area (Å²) >= 11 is 0. The highest BCUT2D eigenvalue weighted by Crippen LogP contribution is 2.27. The van der Waals surface area contributed by atoms with Crippen molar-refractivity contribution in [3.63, 3.8) is 0 Å². The first kappa shape index (κ1) is 21.0. The zero-order valence-electron chi connectivity index (χ0n) is 16.3. The molecule has 0 atom stereocenters. The van der Waals surface area contributed by atoms with Crippen molar-refractivity contribution in [2.75, 3.05) is 19.7 Å². The normalized spacial score (nSPS) is 16.2. The number of rotatable bonds is 3. The molecule has 0 bridgehead atoms. The summed E-state index contributed by atoms with van der Waals surface area (Å²) in [6, 6.07) is 0. The molecule has 6 heteroatoms. The molecule has 1 saturated heterocycles. The first-order chi connectivity index (χ1) is 11.2. The minimum absolute atomic E-state index is 0.227. The van der Waals surface area contributed by atoms with Gasteiger partial charge in [0.1, 0.15) is 17.8 Å². The lowest BCUT2D eigenvalue weighted by Gasteiger charge is -2.46. The first-order valence-electron chi connectivity index (χ1n) is 8.24. The molecule has 0 spiro atoms. The molecule has 1 aliphatic heterocycles. The molecule has 0 radical (unpaired) electrons. The number of nitrogens with zero attached hydrogens (tertiary/aromatic N) is 1. The van der Waals surface area contributed by atoms with E-state index >= 15 is 0 Å². The van der Waals surface area contributed by atoms with E-state index in [-0.39, 0.29) is 19.7 Å². The maximum Gasteiger partial charge on any atom is 0.410 e. The van der Waals surface area contributed by atoms with Gasteiger partial charge in [-0.05, 0) is 54.0 Å². The van der Waals surface area contributed by atoms with E-state index in [0.29, 0.717) is 5.57 Å². The molecule has 1 amide bonds. The molecule has 1 fully saturated rings. The summed E-state index contributed by atoms with van der Waals surface area (Å²) in [5.41, 5.74) is -1.39. The highest BCUT2D eigenvalue weighted by atomic mass is 16.6. The highest BCUT2D eigenvalue weighted by Gasteiger charge is 2.47. The predicted molar refractivity (Wildman–Crippen MR) is 94.9 cm³/mol. The van der Waals surface area contributed by atoms with Crippen LogP contribution in [0.4, 0.5) is 4.79 Å². The van der Waals surface area contributed by atoms with Crippen molar-refractivity contribution in [2.24, 2.45) is 0 Å². The molecule has 0 aliphatic carbocycles. The standard InChI is InChI=1S/C19H29NO5/c1-14(2)9-10-19(23-11-15(21)24-17(3,4)5)12-20(13-19)16(22)25-18(6,7)8/h1,11-13H2,2-8H3. The van der Waals surface area contributed by atoms with Crippen LogP contribution in [0.1, 0.15) is 48.5 Å². The summed E-state index contributed by atoms with van der Waals surface area (Å²) < 4.78 is 16.3. The van der Waals surface area contributed by atoms with Crippen molar-refractivity contribution in [2.45, 2.75) is 65.3 Å². The van der Waals surface area contributed by atoms with Gasteiger partial charge in [-0.3, -0.25) is 0 Å². The minimum atomic E-state index is -0.910. The number of hydrogen-bond donors (Lipinski definition) is 0. The Morgan fingerprint density at radius 2 is 1.60 bits per heavy atom. The van der Waals surface area contributed by atoms with Crippen LogP contribution in [0.3, 0.4) is 0 Å². The van der Waals surface area contributed by atoms with Crippen molar-refractivity contribution >= 4 is 12.1 Å². The number of amides is 1. The lowest BCUT2D eigenvalue weighted by Crippen LogP contribution is -2.65. The SMILES string of the molecule is C=C(C)C#CC1(OCC(=O)OC(C)(C)C)CN(C(=O)OC(C)(C)C)C1. The Bertz CT molecular complexity index is 587. The number of hydrogen-bond acceptors (Lipinski definition) is 5. The molecular formula is C19H29NO5. The van der Waals surface area contributed by atoms with Crippen LogP contribution in [-0.4, -0.2) is 53.5 Å². The molecule has 0 unspecified atom stereocenters. The second kappa shape index (κ2) is 7.49. The van der Waals surface area contributed by atoms with Gasteiger partial charge >= 0.3 is 12.1 Å². The molecule has 25 heavy (non-hydrogen) atoms. The van der Waals surface area contributed by atoms with Gasteiger partial charge in [0.2, 0.25) is 0 Å². The number of carbonyl (C=O) groups excluding carboxylic acids is 2. The van der Waals surface area contributed by atoms with Gasteiger partial charge in [-0.15, -0.1) is 0 Å². The Kier molecular flexibility index (Phi) is 6.30. The van der Waals surface area contributed by atoms with Gasteiger partial charge < -0.3 is 19.1 Å². The second-order valence-corrected chi connectivity index (χ2v) is 8.24. The van der Waals surface area contributed by atoms with Crippen molar-refractivity contribution in [1.82, 2.24) is 4.90 Å². The average molecular weight is 351 g/mol. The summed E-state index contributed by atoms with van der Waals surface area (Å²) in [4.78, 5) is 25.4. The van der Waals surface area contributed by atoms with Crippen LogP contribution < -0.4 is 0 Å².